The van der Waals surface area contributed by atoms with E-state index in [9.17, 15) is 0 Å². The van der Waals surface area contributed by atoms with Crippen LogP contribution in [-0.4, -0.2) is 4.57 Å². The van der Waals surface area contributed by atoms with Crippen molar-refractivity contribution in [1.82, 2.24) is 4.57 Å². The van der Waals surface area contributed by atoms with Gasteiger partial charge in [-0.3, -0.25) is 0 Å². The highest BCUT2D eigenvalue weighted by Crippen LogP contribution is 2.45. The van der Waals surface area contributed by atoms with Crippen LogP contribution in [0, 0.1) is 0 Å². The number of hydrogen-bond acceptors (Lipinski definition) is 2. The van der Waals surface area contributed by atoms with Crippen molar-refractivity contribution in [1.29, 1.82) is 0 Å². The molecule has 2 nitrogen and oxygen atoms in total. The number of hydrogen-bond donors (Lipinski definition) is 0. The Kier molecular flexibility index (Phi) is 8.75. The van der Waals surface area contributed by atoms with E-state index in [1.807, 2.05) is 11.3 Å². The summed E-state index contributed by atoms with van der Waals surface area (Å²) in [5.41, 5.74) is 14.0. The molecule has 0 atom stereocenters. The minimum Gasteiger partial charge on any atom is -0.310 e. The number of nitrogens with zero attached hydrogens (tertiary/aromatic N) is 2. The number of thiophene rings is 1. The Morgan fingerprint density at radius 3 is 1.88 bits per heavy atom. The van der Waals surface area contributed by atoms with Crippen LogP contribution in [0.4, 0.5) is 17.1 Å². The van der Waals surface area contributed by atoms with Crippen LogP contribution in [0.25, 0.3) is 103 Å². The highest BCUT2D eigenvalue weighted by atomic mass is 32.1. The van der Waals surface area contributed by atoms with Gasteiger partial charge in [-0.05, 0) is 116 Å². The molecule has 13 rings (SSSR count). The van der Waals surface area contributed by atoms with Gasteiger partial charge in [-0.15, -0.1) is 11.3 Å². The number of anilines is 3. The predicted octanol–water partition coefficient (Wildman–Crippen LogP) is 17.9. The average molecular weight is 845 g/mol. The van der Waals surface area contributed by atoms with Crippen LogP contribution < -0.4 is 4.90 Å². The molecule has 2 aromatic heterocycles. The summed E-state index contributed by atoms with van der Waals surface area (Å²) in [5.74, 6) is 0. The number of rotatable bonds is 7. The summed E-state index contributed by atoms with van der Waals surface area (Å²) in [6.45, 7) is 0. The third-order valence-electron chi connectivity index (χ3n) is 13.2. The lowest BCUT2D eigenvalue weighted by Crippen LogP contribution is -2.11. The zero-order valence-electron chi connectivity index (χ0n) is 35.4. The van der Waals surface area contributed by atoms with Gasteiger partial charge < -0.3 is 9.47 Å². The molecule has 0 fully saturated rings. The normalized spacial score (nSPS) is 11.7. The Balaban J connectivity index is 0.953. The second-order valence-corrected chi connectivity index (χ2v) is 18.0. The molecule has 0 unspecified atom stereocenters. The quantitative estimate of drug-likeness (QED) is 0.145. The standard InChI is InChI=1S/C62H40N2S/c1-2-14-42(15-3-1)52-20-6-9-24-57(52)63(47-33-30-41(31-34-47)44-32-36-51-46(38-44)29-28-43-16-4-5-19-50(43)51)48-18-12-17-45(39-48)53-23-13-26-59-62(53)56-22-7-10-25-58(56)64(59)49-35-37-55-54-21-8-11-27-60(54)65-61(55)40-49/h1-40H. The van der Waals surface area contributed by atoms with Gasteiger partial charge in [-0.2, -0.15) is 0 Å². The van der Waals surface area contributed by atoms with Gasteiger partial charge in [0.25, 0.3) is 0 Å². The van der Waals surface area contributed by atoms with Gasteiger partial charge in [0, 0.05) is 53.6 Å². The summed E-state index contributed by atoms with van der Waals surface area (Å²) < 4.78 is 5.07. The Morgan fingerprint density at radius 2 is 0.969 bits per heavy atom. The lowest BCUT2D eigenvalue weighted by molar-refractivity contribution is 1.19. The molecule has 2 heterocycles. The molecule has 0 aliphatic rings. The Hall–Kier alpha value is -8.24. The van der Waals surface area contributed by atoms with Gasteiger partial charge in [0.2, 0.25) is 0 Å². The van der Waals surface area contributed by atoms with Crippen LogP contribution in [0.5, 0.6) is 0 Å². The van der Waals surface area contributed by atoms with E-state index in [-0.39, 0.29) is 0 Å². The van der Waals surface area contributed by atoms with Crippen molar-refractivity contribution in [2.75, 3.05) is 4.90 Å². The summed E-state index contributed by atoms with van der Waals surface area (Å²) in [4.78, 5) is 2.42. The maximum absolute atomic E-state index is 2.45. The molecule has 13 aromatic rings. The molecule has 0 spiro atoms. The van der Waals surface area contributed by atoms with Gasteiger partial charge in [0.05, 0.1) is 16.7 Å². The third-order valence-corrected chi connectivity index (χ3v) is 14.3. The van der Waals surface area contributed by atoms with Gasteiger partial charge in [-0.1, -0.05) is 176 Å². The average Bonchev–Trinajstić information content (AvgIpc) is 3.92. The van der Waals surface area contributed by atoms with Crippen LogP contribution in [0.1, 0.15) is 0 Å². The molecule has 0 saturated carbocycles. The molecule has 304 valence electrons. The van der Waals surface area contributed by atoms with Crippen molar-refractivity contribution in [3.8, 4) is 39.1 Å². The fourth-order valence-electron chi connectivity index (χ4n) is 10.2. The molecule has 0 bridgehead atoms. The molecular weight excluding hydrogens is 805 g/mol. The van der Waals surface area contributed by atoms with Crippen LogP contribution in [0.2, 0.25) is 0 Å². The third kappa shape index (κ3) is 6.24. The second-order valence-electron chi connectivity index (χ2n) is 16.9. The topological polar surface area (TPSA) is 8.17 Å². The molecule has 0 radical (unpaired) electrons. The fourth-order valence-corrected chi connectivity index (χ4v) is 11.3. The summed E-state index contributed by atoms with van der Waals surface area (Å²) in [5, 5.41) is 10.2. The molecular formula is C62H40N2S. The van der Waals surface area contributed by atoms with Crippen LogP contribution >= 0.6 is 11.3 Å². The first kappa shape index (κ1) is 37.3. The first-order chi connectivity index (χ1) is 32.2. The maximum atomic E-state index is 2.45. The molecule has 0 N–H and O–H groups in total. The van der Waals surface area contributed by atoms with E-state index < -0.39 is 0 Å². The summed E-state index contributed by atoms with van der Waals surface area (Å²) >= 11 is 1.87. The van der Waals surface area contributed by atoms with Crippen LogP contribution in [0.3, 0.4) is 0 Å². The smallest absolute Gasteiger partial charge is 0.0547 e. The Labute approximate surface area is 381 Å². The first-order valence-corrected chi connectivity index (χ1v) is 23.1. The molecule has 65 heavy (non-hydrogen) atoms. The van der Waals surface area contributed by atoms with Crippen molar-refractivity contribution in [3.63, 3.8) is 0 Å². The zero-order valence-corrected chi connectivity index (χ0v) is 36.2. The SMILES string of the molecule is c1ccc(-c2ccccc2N(c2ccc(-c3ccc4c(ccc5ccccc54)c3)cc2)c2cccc(-c3cccc4c3c3ccccc3n4-c3ccc4c(c3)sc3ccccc34)c2)cc1. The van der Waals surface area contributed by atoms with E-state index in [0.29, 0.717) is 0 Å². The van der Waals surface area contributed by atoms with Crippen LogP contribution in [-0.2, 0) is 0 Å². The lowest BCUT2D eigenvalue weighted by Gasteiger charge is -2.28. The largest absolute Gasteiger partial charge is 0.310 e. The highest BCUT2D eigenvalue weighted by Gasteiger charge is 2.21. The van der Waals surface area contributed by atoms with E-state index in [0.717, 1.165) is 17.1 Å². The van der Waals surface area contributed by atoms with E-state index in [2.05, 4.69) is 252 Å². The minimum atomic E-state index is 1.09. The van der Waals surface area contributed by atoms with Gasteiger partial charge >= 0.3 is 0 Å². The summed E-state index contributed by atoms with van der Waals surface area (Å²) in [7, 11) is 0. The van der Waals surface area contributed by atoms with E-state index in [1.54, 1.807) is 0 Å². The molecule has 0 saturated heterocycles. The van der Waals surface area contributed by atoms with Crippen molar-refractivity contribution >= 4 is 91.9 Å². The van der Waals surface area contributed by atoms with E-state index in [1.165, 1.54) is 103 Å². The summed E-state index contributed by atoms with van der Waals surface area (Å²) in [6.07, 6.45) is 0. The fraction of sp³-hybridized carbons (Fsp3) is 0. The first-order valence-electron chi connectivity index (χ1n) is 22.2. The van der Waals surface area contributed by atoms with Crippen molar-refractivity contribution in [3.05, 3.63) is 243 Å². The number of benzene rings is 11. The molecule has 0 amide bonds. The Morgan fingerprint density at radius 1 is 0.323 bits per heavy atom. The van der Waals surface area contributed by atoms with E-state index in [4.69, 9.17) is 0 Å². The molecule has 0 aliphatic carbocycles. The second kappa shape index (κ2) is 15.2. The summed E-state index contributed by atoms with van der Waals surface area (Å²) in [6, 6.07) is 89.0. The van der Waals surface area contributed by atoms with Gasteiger partial charge in [0.1, 0.15) is 0 Å². The minimum absolute atomic E-state index is 1.09. The van der Waals surface area contributed by atoms with Crippen LogP contribution in [0.15, 0.2) is 243 Å². The van der Waals surface area contributed by atoms with E-state index >= 15 is 0 Å². The number of fused-ring (bicyclic) bond motifs is 9. The van der Waals surface area contributed by atoms with Crippen molar-refractivity contribution < 1.29 is 0 Å². The zero-order chi connectivity index (χ0) is 42.8. The van der Waals surface area contributed by atoms with Crippen molar-refractivity contribution in [2.45, 2.75) is 0 Å². The maximum Gasteiger partial charge on any atom is 0.0547 e. The molecule has 11 aromatic carbocycles. The van der Waals surface area contributed by atoms with Gasteiger partial charge in [-0.25, -0.2) is 0 Å². The molecule has 3 heteroatoms. The Bertz CT molecular complexity index is 3950. The highest BCUT2D eigenvalue weighted by molar-refractivity contribution is 7.25. The number of aromatic nitrogens is 1. The van der Waals surface area contributed by atoms with Gasteiger partial charge in [0.15, 0.2) is 0 Å². The van der Waals surface area contributed by atoms with Crippen molar-refractivity contribution in [2.24, 2.45) is 0 Å². The monoisotopic (exact) mass is 844 g/mol. The number of para-hydroxylation sites is 2. The lowest BCUT2D eigenvalue weighted by atomic mass is 9.96. The predicted molar refractivity (Wildman–Crippen MR) is 280 cm³/mol. The molecule has 0 aliphatic heterocycles.